The van der Waals surface area contributed by atoms with Crippen LogP contribution in [0.4, 0.5) is 5.69 Å². The van der Waals surface area contributed by atoms with Crippen LogP contribution < -0.4 is 14.4 Å². The maximum atomic E-state index is 14.3. The number of nitrogens with zero attached hydrogens (tertiary/aromatic N) is 2. The largest absolute Gasteiger partial charge is 0.492 e. The van der Waals surface area contributed by atoms with Gasteiger partial charge in [-0.3, -0.25) is 13.9 Å². The van der Waals surface area contributed by atoms with Crippen LogP contribution in [0.1, 0.15) is 45.6 Å². The highest BCUT2D eigenvalue weighted by Crippen LogP contribution is 2.33. The SMILES string of the molecule is CCCCNC(=O)[C@@H](CC)N(Cc1ccc(Cl)cc1)C(=O)CN(c1ccccc1OCC)S(=O)(=O)c1ccc(SC)cc1. The average Bonchev–Trinajstić information content (AvgIpc) is 3.01. The fraction of sp³-hybridized carbons (Fsp3) is 0.375. The summed E-state index contributed by atoms with van der Waals surface area (Å²) in [4.78, 5) is 30.0. The molecule has 3 aromatic rings. The number of hydrogen-bond donors (Lipinski definition) is 1. The first kappa shape index (κ1) is 34.3. The van der Waals surface area contributed by atoms with Gasteiger partial charge in [0, 0.05) is 23.0 Å². The zero-order valence-corrected chi connectivity index (χ0v) is 27.5. The Morgan fingerprint density at radius 3 is 2.26 bits per heavy atom. The summed E-state index contributed by atoms with van der Waals surface area (Å²) in [7, 11) is -4.22. The minimum Gasteiger partial charge on any atom is -0.492 e. The second-order valence-electron chi connectivity index (χ2n) is 9.80. The molecule has 1 N–H and O–H groups in total. The number of halogens is 1. The second-order valence-corrected chi connectivity index (χ2v) is 13.0. The van der Waals surface area contributed by atoms with Crippen molar-refractivity contribution in [2.75, 3.05) is 30.3 Å². The number of para-hydroxylation sites is 2. The second kappa shape index (κ2) is 16.6. The van der Waals surface area contributed by atoms with E-state index < -0.39 is 28.5 Å². The van der Waals surface area contributed by atoms with Crippen molar-refractivity contribution >= 4 is 50.9 Å². The van der Waals surface area contributed by atoms with Gasteiger partial charge in [-0.15, -0.1) is 11.8 Å². The first-order valence-corrected chi connectivity index (χ1v) is 17.4. The Kier molecular flexibility index (Phi) is 13.2. The van der Waals surface area contributed by atoms with E-state index in [1.807, 2.05) is 20.1 Å². The van der Waals surface area contributed by atoms with Gasteiger partial charge >= 0.3 is 0 Å². The van der Waals surface area contributed by atoms with Crippen molar-refractivity contribution in [2.24, 2.45) is 0 Å². The number of anilines is 1. The number of amides is 2. The molecule has 2 amide bonds. The number of benzene rings is 3. The Morgan fingerprint density at radius 1 is 0.977 bits per heavy atom. The molecule has 0 saturated heterocycles. The Morgan fingerprint density at radius 2 is 1.65 bits per heavy atom. The Labute approximate surface area is 264 Å². The van der Waals surface area contributed by atoms with E-state index in [9.17, 15) is 18.0 Å². The van der Waals surface area contributed by atoms with Crippen LogP contribution in [0.25, 0.3) is 0 Å². The number of unbranched alkanes of at least 4 members (excludes halogenated alkanes) is 1. The molecule has 3 rings (SSSR count). The maximum absolute atomic E-state index is 14.3. The van der Waals surface area contributed by atoms with E-state index in [0.29, 0.717) is 30.3 Å². The lowest BCUT2D eigenvalue weighted by molar-refractivity contribution is -0.140. The summed E-state index contributed by atoms with van der Waals surface area (Å²) in [5.41, 5.74) is 0.993. The highest BCUT2D eigenvalue weighted by Gasteiger charge is 2.34. The van der Waals surface area contributed by atoms with E-state index in [1.54, 1.807) is 67.6 Å². The van der Waals surface area contributed by atoms with Gasteiger partial charge in [-0.1, -0.05) is 56.1 Å². The predicted octanol–water partition coefficient (Wildman–Crippen LogP) is 6.38. The number of hydrogen-bond acceptors (Lipinski definition) is 6. The van der Waals surface area contributed by atoms with Crippen LogP contribution >= 0.6 is 23.4 Å². The number of nitrogens with one attached hydrogen (secondary N) is 1. The maximum Gasteiger partial charge on any atom is 0.264 e. The van der Waals surface area contributed by atoms with Crippen molar-refractivity contribution in [3.05, 3.63) is 83.4 Å². The zero-order chi connectivity index (χ0) is 31.4. The number of sulfonamides is 1. The smallest absolute Gasteiger partial charge is 0.264 e. The molecule has 0 heterocycles. The number of carbonyl (C=O) groups is 2. The van der Waals surface area contributed by atoms with Gasteiger partial charge < -0.3 is 15.0 Å². The number of rotatable bonds is 16. The van der Waals surface area contributed by atoms with Crippen molar-refractivity contribution in [3.8, 4) is 5.75 Å². The molecule has 43 heavy (non-hydrogen) atoms. The Bertz CT molecular complexity index is 1450. The van der Waals surface area contributed by atoms with E-state index in [0.717, 1.165) is 27.6 Å². The van der Waals surface area contributed by atoms with Crippen LogP contribution in [0.15, 0.2) is 82.6 Å². The van der Waals surface area contributed by atoms with Gasteiger partial charge in [0.25, 0.3) is 10.0 Å². The highest BCUT2D eigenvalue weighted by atomic mass is 35.5. The summed E-state index contributed by atoms with van der Waals surface area (Å²) in [6, 6.07) is 19.4. The van der Waals surface area contributed by atoms with E-state index >= 15 is 0 Å². The summed E-state index contributed by atoms with van der Waals surface area (Å²) in [5.74, 6) is -0.478. The summed E-state index contributed by atoms with van der Waals surface area (Å²) in [5, 5.41) is 3.48. The van der Waals surface area contributed by atoms with Crippen molar-refractivity contribution in [1.29, 1.82) is 0 Å². The van der Waals surface area contributed by atoms with Crippen LogP contribution in [0.2, 0.25) is 5.02 Å². The molecule has 0 aromatic heterocycles. The predicted molar refractivity (Wildman–Crippen MR) is 174 cm³/mol. The minimum atomic E-state index is -4.22. The van der Waals surface area contributed by atoms with Crippen molar-refractivity contribution < 1.29 is 22.7 Å². The normalized spacial score (nSPS) is 11.9. The van der Waals surface area contributed by atoms with Crippen LogP contribution in [-0.4, -0.2) is 57.1 Å². The monoisotopic (exact) mass is 645 g/mol. The molecular formula is C32H40ClN3O5S2. The highest BCUT2D eigenvalue weighted by molar-refractivity contribution is 7.98. The van der Waals surface area contributed by atoms with E-state index in [4.69, 9.17) is 16.3 Å². The van der Waals surface area contributed by atoms with Gasteiger partial charge in [-0.25, -0.2) is 8.42 Å². The van der Waals surface area contributed by atoms with Gasteiger partial charge in [0.1, 0.15) is 18.3 Å². The number of ether oxygens (including phenoxy) is 1. The molecule has 0 radical (unpaired) electrons. The number of carbonyl (C=O) groups excluding carboxylic acids is 2. The summed E-state index contributed by atoms with van der Waals surface area (Å²) >= 11 is 7.59. The van der Waals surface area contributed by atoms with Gasteiger partial charge in [-0.05, 0) is 80.1 Å². The summed E-state index contributed by atoms with van der Waals surface area (Å²) < 4.78 is 35.2. The molecule has 0 unspecified atom stereocenters. The average molecular weight is 646 g/mol. The molecule has 0 aliphatic carbocycles. The molecule has 0 fully saturated rings. The minimum absolute atomic E-state index is 0.0398. The van der Waals surface area contributed by atoms with Gasteiger partial charge in [0.2, 0.25) is 11.8 Å². The van der Waals surface area contributed by atoms with Crippen LogP contribution in [0.5, 0.6) is 5.75 Å². The molecule has 232 valence electrons. The quantitative estimate of drug-likeness (QED) is 0.143. The van der Waals surface area contributed by atoms with E-state index in [2.05, 4.69) is 5.32 Å². The van der Waals surface area contributed by atoms with Crippen molar-refractivity contribution in [2.45, 2.75) is 62.4 Å². The molecule has 0 bridgehead atoms. The first-order valence-electron chi connectivity index (χ1n) is 14.4. The fourth-order valence-corrected chi connectivity index (χ4v) is 6.50. The molecule has 0 aliphatic heterocycles. The molecule has 0 aliphatic rings. The standard InChI is InChI=1S/C32H40ClN3O5S2/c1-5-8-21-34-32(38)28(6-2)35(22-24-13-15-25(33)16-14-24)31(37)23-36(29-11-9-10-12-30(29)41-7-3)43(39,40)27-19-17-26(42-4)18-20-27/h9-20,28H,5-8,21-23H2,1-4H3,(H,34,38)/t28-/m1/s1. The van der Waals surface area contributed by atoms with E-state index in [-0.39, 0.29) is 23.0 Å². The third-order valence-corrected chi connectivity index (χ3v) is 9.61. The molecule has 0 spiro atoms. The lowest BCUT2D eigenvalue weighted by Gasteiger charge is -2.33. The van der Waals surface area contributed by atoms with Crippen molar-refractivity contribution in [1.82, 2.24) is 10.2 Å². The summed E-state index contributed by atoms with van der Waals surface area (Å²) in [6.45, 7) is 6.02. The fourth-order valence-electron chi connectivity index (χ4n) is 4.54. The summed E-state index contributed by atoms with van der Waals surface area (Å²) in [6.07, 6.45) is 3.97. The Hall–Kier alpha value is -3.21. The zero-order valence-electron chi connectivity index (χ0n) is 25.1. The first-order chi connectivity index (χ1) is 20.7. The lowest BCUT2D eigenvalue weighted by atomic mass is 10.1. The van der Waals surface area contributed by atoms with Crippen LogP contribution in [-0.2, 0) is 26.2 Å². The molecule has 0 saturated carbocycles. The van der Waals surface area contributed by atoms with Crippen LogP contribution in [0, 0.1) is 0 Å². The van der Waals surface area contributed by atoms with E-state index in [1.165, 1.54) is 28.8 Å². The third kappa shape index (κ3) is 9.14. The van der Waals surface area contributed by atoms with Crippen LogP contribution in [0.3, 0.4) is 0 Å². The topological polar surface area (TPSA) is 96.0 Å². The lowest BCUT2D eigenvalue weighted by Crippen LogP contribution is -2.52. The molecule has 1 atom stereocenters. The van der Waals surface area contributed by atoms with Gasteiger partial charge in [0.15, 0.2) is 0 Å². The Balaban J connectivity index is 2.08. The van der Waals surface area contributed by atoms with Gasteiger partial charge in [0.05, 0.1) is 17.2 Å². The molecule has 3 aromatic carbocycles. The van der Waals surface area contributed by atoms with Gasteiger partial charge in [-0.2, -0.15) is 0 Å². The number of thioether (sulfide) groups is 1. The molecular weight excluding hydrogens is 606 g/mol. The van der Waals surface area contributed by atoms with Crippen molar-refractivity contribution in [3.63, 3.8) is 0 Å². The third-order valence-electron chi connectivity index (χ3n) is 6.84. The molecule has 8 nitrogen and oxygen atoms in total. The molecule has 11 heteroatoms.